The summed E-state index contributed by atoms with van der Waals surface area (Å²) in [5.41, 5.74) is 0. The third-order valence-corrected chi connectivity index (χ3v) is 3.37. The van der Waals surface area contributed by atoms with Crippen LogP contribution in [0.15, 0.2) is 12.3 Å². The number of nitrogens with zero attached hydrogens (tertiary/aromatic N) is 1. The standard InChI is InChI=1S/C14H25NO2/c1-3-5-6-7-12-17-14(16)13-8-10-15(4-2)11-9-13/h7,12-13H,3-6,8-11H2,1-2H3. The number of esters is 1. The Labute approximate surface area is 105 Å². The van der Waals surface area contributed by atoms with Crippen molar-refractivity contribution in [2.24, 2.45) is 5.92 Å². The molecule has 0 saturated carbocycles. The topological polar surface area (TPSA) is 29.5 Å². The lowest BCUT2D eigenvalue weighted by molar-refractivity contribution is -0.144. The molecule has 0 aromatic heterocycles. The second-order valence-electron chi connectivity index (χ2n) is 4.66. The molecule has 0 amide bonds. The van der Waals surface area contributed by atoms with E-state index in [1.807, 2.05) is 6.08 Å². The van der Waals surface area contributed by atoms with Crippen LogP contribution in [-0.2, 0) is 9.53 Å². The molecule has 98 valence electrons. The molecule has 1 aliphatic heterocycles. The van der Waals surface area contributed by atoms with Crippen LogP contribution < -0.4 is 0 Å². The summed E-state index contributed by atoms with van der Waals surface area (Å²) in [7, 11) is 0. The zero-order valence-corrected chi connectivity index (χ0v) is 11.2. The Morgan fingerprint density at radius 3 is 2.65 bits per heavy atom. The Bertz CT molecular complexity index is 243. The average molecular weight is 239 g/mol. The number of carbonyl (C=O) groups excluding carboxylic acids is 1. The first-order valence-electron chi connectivity index (χ1n) is 6.85. The van der Waals surface area contributed by atoms with Crippen molar-refractivity contribution in [1.29, 1.82) is 0 Å². The predicted molar refractivity (Wildman–Crippen MR) is 69.6 cm³/mol. The quantitative estimate of drug-likeness (QED) is 0.405. The molecule has 0 spiro atoms. The molecule has 0 radical (unpaired) electrons. The molecule has 0 N–H and O–H groups in total. The normalized spacial score (nSPS) is 18.7. The number of hydrogen-bond donors (Lipinski definition) is 0. The molecule has 0 bridgehead atoms. The number of rotatable bonds is 6. The highest BCUT2D eigenvalue weighted by Crippen LogP contribution is 2.18. The van der Waals surface area contributed by atoms with Crippen LogP contribution in [0.4, 0.5) is 0 Å². The van der Waals surface area contributed by atoms with Crippen molar-refractivity contribution in [3.05, 3.63) is 12.3 Å². The maximum atomic E-state index is 11.7. The summed E-state index contributed by atoms with van der Waals surface area (Å²) in [5.74, 6) is 0.0575. The highest BCUT2D eigenvalue weighted by molar-refractivity contribution is 5.73. The number of hydrogen-bond acceptors (Lipinski definition) is 3. The van der Waals surface area contributed by atoms with Crippen molar-refractivity contribution < 1.29 is 9.53 Å². The molecule has 0 atom stereocenters. The number of unbranched alkanes of at least 4 members (excludes halogenated alkanes) is 2. The summed E-state index contributed by atoms with van der Waals surface area (Å²) in [4.78, 5) is 14.1. The van der Waals surface area contributed by atoms with Gasteiger partial charge in [0.1, 0.15) is 0 Å². The van der Waals surface area contributed by atoms with Crippen LogP contribution in [0, 0.1) is 5.92 Å². The molecule has 1 heterocycles. The highest BCUT2D eigenvalue weighted by atomic mass is 16.5. The summed E-state index contributed by atoms with van der Waals surface area (Å²) in [6, 6.07) is 0. The van der Waals surface area contributed by atoms with E-state index in [-0.39, 0.29) is 11.9 Å². The largest absolute Gasteiger partial charge is 0.435 e. The Morgan fingerprint density at radius 2 is 2.06 bits per heavy atom. The molecule has 1 fully saturated rings. The van der Waals surface area contributed by atoms with Crippen molar-refractivity contribution in [2.75, 3.05) is 19.6 Å². The van der Waals surface area contributed by atoms with Gasteiger partial charge in [-0.3, -0.25) is 4.79 Å². The molecular weight excluding hydrogens is 214 g/mol. The fourth-order valence-electron chi connectivity index (χ4n) is 2.09. The van der Waals surface area contributed by atoms with Crippen LogP contribution >= 0.6 is 0 Å². The van der Waals surface area contributed by atoms with E-state index < -0.39 is 0 Å². The smallest absolute Gasteiger partial charge is 0.313 e. The van der Waals surface area contributed by atoms with Crippen molar-refractivity contribution >= 4 is 5.97 Å². The molecule has 1 aliphatic rings. The summed E-state index contributed by atoms with van der Waals surface area (Å²) < 4.78 is 5.16. The first-order chi connectivity index (χ1) is 8.27. The molecule has 0 aliphatic carbocycles. The molecule has 0 aromatic rings. The fraction of sp³-hybridized carbons (Fsp3) is 0.786. The predicted octanol–water partition coefficient (Wildman–Crippen LogP) is 2.97. The highest BCUT2D eigenvalue weighted by Gasteiger charge is 2.24. The van der Waals surface area contributed by atoms with Crippen LogP contribution in [0.1, 0.15) is 46.0 Å². The van der Waals surface area contributed by atoms with Gasteiger partial charge in [0.15, 0.2) is 0 Å². The van der Waals surface area contributed by atoms with Crippen molar-refractivity contribution in [1.82, 2.24) is 4.90 Å². The second-order valence-corrected chi connectivity index (χ2v) is 4.66. The molecule has 0 unspecified atom stereocenters. The molecule has 0 aromatic carbocycles. The Hall–Kier alpha value is -0.830. The monoisotopic (exact) mass is 239 g/mol. The second kappa shape index (κ2) is 8.29. The zero-order valence-electron chi connectivity index (χ0n) is 11.2. The van der Waals surface area contributed by atoms with Crippen LogP contribution in [0.2, 0.25) is 0 Å². The Balaban J connectivity index is 2.18. The molecule has 3 heteroatoms. The number of ether oxygens (including phenoxy) is 1. The zero-order chi connectivity index (χ0) is 12.5. The molecular formula is C14H25NO2. The maximum Gasteiger partial charge on any atom is 0.313 e. The van der Waals surface area contributed by atoms with E-state index in [0.29, 0.717) is 0 Å². The van der Waals surface area contributed by atoms with E-state index in [1.165, 1.54) is 6.42 Å². The van der Waals surface area contributed by atoms with Crippen LogP contribution in [0.25, 0.3) is 0 Å². The van der Waals surface area contributed by atoms with Crippen LogP contribution in [-0.4, -0.2) is 30.5 Å². The van der Waals surface area contributed by atoms with Gasteiger partial charge in [0.05, 0.1) is 12.2 Å². The first kappa shape index (κ1) is 14.2. The molecule has 1 saturated heterocycles. The molecule has 3 nitrogen and oxygen atoms in total. The first-order valence-corrected chi connectivity index (χ1v) is 6.85. The number of allylic oxidation sites excluding steroid dienone is 1. The van der Waals surface area contributed by atoms with Gasteiger partial charge in [0.25, 0.3) is 0 Å². The van der Waals surface area contributed by atoms with Gasteiger partial charge in [0, 0.05) is 0 Å². The van der Waals surface area contributed by atoms with E-state index in [9.17, 15) is 4.79 Å². The van der Waals surface area contributed by atoms with Crippen LogP contribution in [0.5, 0.6) is 0 Å². The van der Waals surface area contributed by atoms with E-state index in [0.717, 1.165) is 45.3 Å². The van der Waals surface area contributed by atoms with Gasteiger partial charge in [0.2, 0.25) is 0 Å². The van der Waals surface area contributed by atoms with Gasteiger partial charge in [-0.25, -0.2) is 0 Å². The van der Waals surface area contributed by atoms with E-state index in [2.05, 4.69) is 18.7 Å². The van der Waals surface area contributed by atoms with E-state index in [1.54, 1.807) is 6.26 Å². The van der Waals surface area contributed by atoms with Gasteiger partial charge in [-0.1, -0.05) is 20.3 Å². The summed E-state index contributed by atoms with van der Waals surface area (Å²) in [6.45, 7) is 7.45. The lowest BCUT2D eigenvalue weighted by Gasteiger charge is -2.29. The lowest BCUT2D eigenvalue weighted by Crippen LogP contribution is -2.36. The Kier molecular flexibility index (Phi) is 6.94. The summed E-state index contributed by atoms with van der Waals surface area (Å²) in [5, 5.41) is 0. The summed E-state index contributed by atoms with van der Waals surface area (Å²) in [6.07, 6.45) is 8.73. The van der Waals surface area contributed by atoms with Crippen molar-refractivity contribution in [3.63, 3.8) is 0 Å². The van der Waals surface area contributed by atoms with Gasteiger partial charge in [-0.2, -0.15) is 0 Å². The minimum absolute atomic E-state index is 0.0477. The SMILES string of the molecule is CCCCC=COC(=O)C1CCN(CC)CC1. The average Bonchev–Trinajstić information content (AvgIpc) is 2.38. The third kappa shape index (κ3) is 5.35. The molecule has 1 rings (SSSR count). The number of carbonyl (C=O) groups is 1. The van der Waals surface area contributed by atoms with Gasteiger partial charge in [-0.15, -0.1) is 0 Å². The van der Waals surface area contributed by atoms with Gasteiger partial charge < -0.3 is 9.64 Å². The van der Waals surface area contributed by atoms with Crippen molar-refractivity contribution in [3.8, 4) is 0 Å². The van der Waals surface area contributed by atoms with Gasteiger partial charge in [-0.05, 0) is 51.4 Å². The number of piperidine rings is 1. The minimum atomic E-state index is -0.0477. The fourth-order valence-corrected chi connectivity index (χ4v) is 2.09. The third-order valence-electron chi connectivity index (χ3n) is 3.37. The van der Waals surface area contributed by atoms with Gasteiger partial charge >= 0.3 is 5.97 Å². The number of likely N-dealkylation sites (tertiary alicyclic amines) is 1. The summed E-state index contributed by atoms with van der Waals surface area (Å²) >= 11 is 0. The lowest BCUT2D eigenvalue weighted by atomic mass is 9.97. The van der Waals surface area contributed by atoms with Crippen molar-refractivity contribution in [2.45, 2.75) is 46.0 Å². The van der Waals surface area contributed by atoms with E-state index >= 15 is 0 Å². The molecule has 17 heavy (non-hydrogen) atoms. The minimum Gasteiger partial charge on any atom is -0.435 e. The van der Waals surface area contributed by atoms with E-state index in [4.69, 9.17) is 4.74 Å². The maximum absolute atomic E-state index is 11.7. The Morgan fingerprint density at radius 1 is 1.35 bits per heavy atom. The van der Waals surface area contributed by atoms with Crippen LogP contribution in [0.3, 0.4) is 0 Å².